The van der Waals surface area contributed by atoms with Gasteiger partial charge in [0, 0.05) is 6.04 Å². The van der Waals surface area contributed by atoms with Crippen molar-refractivity contribution in [3.63, 3.8) is 0 Å². The summed E-state index contributed by atoms with van der Waals surface area (Å²) < 4.78 is 0. The monoisotopic (exact) mass is 260 g/mol. The zero-order valence-corrected chi connectivity index (χ0v) is 12.7. The zero-order valence-electron chi connectivity index (χ0n) is 12.7. The Morgan fingerprint density at radius 2 is 1.95 bits per heavy atom. The lowest BCUT2D eigenvalue weighted by molar-refractivity contribution is 0.120. The zero-order chi connectivity index (χ0) is 13.7. The number of hydrogen-bond acceptors (Lipinski definition) is 2. The van der Waals surface area contributed by atoms with Gasteiger partial charge >= 0.3 is 0 Å². The van der Waals surface area contributed by atoms with Gasteiger partial charge in [-0.3, -0.25) is 4.90 Å². The minimum Gasteiger partial charge on any atom is -0.317 e. The Balaban J connectivity index is 2.15. The van der Waals surface area contributed by atoms with Crippen LogP contribution in [0.15, 0.2) is 24.3 Å². The number of nitrogens with one attached hydrogen (secondary N) is 1. The van der Waals surface area contributed by atoms with Gasteiger partial charge < -0.3 is 5.32 Å². The molecule has 0 amide bonds. The van der Waals surface area contributed by atoms with Crippen LogP contribution in [0, 0.1) is 5.92 Å². The molecule has 1 fully saturated rings. The summed E-state index contributed by atoms with van der Waals surface area (Å²) in [7, 11) is 2.27. The highest BCUT2D eigenvalue weighted by molar-refractivity contribution is 5.26. The summed E-state index contributed by atoms with van der Waals surface area (Å²) in [6.07, 6.45) is 3.80. The quantitative estimate of drug-likeness (QED) is 0.874. The highest BCUT2D eigenvalue weighted by atomic mass is 15.1. The van der Waals surface area contributed by atoms with E-state index in [-0.39, 0.29) is 0 Å². The van der Waals surface area contributed by atoms with Gasteiger partial charge in [-0.25, -0.2) is 0 Å². The van der Waals surface area contributed by atoms with Crippen LogP contribution < -0.4 is 5.32 Å². The molecule has 2 heteroatoms. The molecular weight excluding hydrogens is 232 g/mol. The van der Waals surface area contributed by atoms with Gasteiger partial charge in [0.15, 0.2) is 0 Å². The summed E-state index contributed by atoms with van der Waals surface area (Å²) in [6, 6.07) is 9.84. The lowest BCUT2D eigenvalue weighted by Gasteiger charge is -2.39. The molecule has 0 saturated carbocycles. The van der Waals surface area contributed by atoms with E-state index < -0.39 is 0 Å². The average Bonchev–Trinajstić information content (AvgIpc) is 2.45. The Morgan fingerprint density at radius 3 is 2.58 bits per heavy atom. The number of likely N-dealkylation sites (tertiary alicyclic amines) is 1. The van der Waals surface area contributed by atoms with Gasteiger partial charge in [-0.1, -0.05) is 38.1 Å². The number of rotatable bonds is 5. The van der Waals surface area contributed by atoms with Gasteiger partial charge in [-0.05, 0) is 63.0 Å². The van der Waals surface area contributed by atoms with Crippen molar-refractivity contribution in [3.05, 3.63) is 35.4 Å². The number of aryl methyl sites for hydroxylation is 1. The first-order valence-electron chi connectivity index (χ1n) is 7.76. The topological polar surface area (TPSA) is 15.3 Å². The molecule has 2 atom stereocenters. The molecule has 1 N–H and O–H groups in total. The molecule has 0 aromatic heterocycles. The molecule has 1 aliphatic rings. The lowest BCUT2D eigenvalue weighted by Crippen LogP contribution is -2.40. The van der Waals surface area contributed by atoms with Crippen LogP contribution in [0.1, 0.15) is 43.9 Å². The van der Waals surface area contributed by atoms with Crippen LogP contribution in [-0.2, 0) is 6.42 Å². The van der Waals surface area contributed by atoms with Crippen LogP contribution in [0.25, 0.3) is 0 Å². The first-order chi connectivity index (χ1) is 9.26. The number of piperidine rings is 1. The summed E-state index contributed by atoms with van der Waals surface area (Å²) in [6.45, 7) is 7.85. The van der Waals surface area contributed by atoms with Gasteiger partial charge in [0.1, 0.15) is 0 Å². The largest absolute Gasteiger partial charge is 0.317 e. The van der Waals surface area contributed by atoms with Crippen molar-refractivity contribution in [3.8, 4) is 0 Å². The minimum absolute atomic E-state index is 0.582. The van der Waals surface area contributed by atoms with Crippen LogP contribution >= 0.6 is 0 Å². The Morgan fingerprint density at radius 1 is 1.21 bits per heavy atom. The average molecular weight is 260 g/mol. The summed E-state index contributed by atoms with van der Waals surface area (Å²) in [5, 5.41) is 3.53. The van der Waals surface area contributed by atoms with E-state index in [0.29, 0.717) is 6.04 Å². The van der Waals surface area contributed by atoms with E-state index in [9.17, 15) is 0 Å². The fraction of sp³-hybridized carbons (Fsp3) is 0.647. The van der Waals surface area contributed by atoms with Crippen LogP contribution in [0.2, 0.25) is 0 Å². The molecule has 2 nitrogen and oxygen atoms in total. The smallest absolute Gasteiger partial charge is 0.0385 e. The molecule has 2 rings (SSSR count). The maximum absolute atomic E-state index is 3.53. The van der Waals surface area contributed by atoms with Crippen molar-refractivity contribution in [1.82, 2.24) is 10.2 Å². The first kappa shape index (κ1) is 14.5. The number of hydrogen-bond donors (Lipinski definition) is 1. The van der Waals surface area contributed by atoms with Crippen molar-refractivity contribution in [2.24, 2.45) is 5.92 Å². The van der Waals surface area contributed by atoms with E-state index >= 15 is 0 Å². The molecule has 0 aliphatic carbocycles. The Kier molecular flexibility index (Phi) is 5.41. The molecule has 106 valence electrons. The molecule has 0 bridgehead atoms. The molecule has 2 unspecified atom stereocenters. The van der Waals surface area contributed by atoms with E-state index in [1.54, 1.807) is 0 Å². The van der Waals surface area contributed by atoms with Crippen LogP contribution in [0.4, 0.5) is 0 Å². The fourth-order valence-corrected chi connectivity index (χ4v) is 3.28. The van der Waals surface area contributed by atoms with Gasteiger partial charge in [0.25, 0.3) is 0 Å². The third-order valence-electron chi connectivity index (χ3n) is 4.39. The second-order valence-electron chi connectivity index (χ2n) is 5.73. The molecule has 1 aromatic carbocycles. The van der Waals surface area contributed by atoms with E-state index in [1.165, 1.54) is 30.5 Å². The highest BCUT2D eigenvalue weighted by Gasteiger charge is 2.29. The summed E-state index contributed by atoms with van der Waals surface area (Å²) in [4.78, 5) is 2.53. The molecule has 0 spiro atoms. The van der Waals surface area contributed by atoms with Gasteiger partial charge in [0.2, 0.25) is 0 Å². The molecule has 19 heavy (non-hydrogen) atoms. The Labute approximate surface area is 118 Å². The van der Waals surface area contributed by atoms with Crippen LogP contribution in [0.3, 0.4) is 0 Å². The maximum atomic E-state index is 3.53. The van der Waals surface area contributed by atoms with Crippen LogP contribution in [0.5, 0.6) is 0 Å². The number of nitrogens with zero attached hydrogens (tertiary/aromatic N) is 1. The maximum Gasteiger partial charge on any atom is 0.0385 e. The summed E-state index contributed by atoms with van der Waals surface area (Å²) in [5.41, 5.74) is 2.92. The molecule has 1 aliphatic heterocycles. The van der Waals surface area contributed by atoms with E-state index in [0.717, 1.165) is 25.4 Å². The second kappa shape index (κ2) is 7.06. The van der Waals surface area contributed by atoms with Gasteiger partial charge in [0.05, 0.1) is 0 Å². The fourth-order valence-electron chi connectivity index (χ4n) is 3.28. The van der Waals surface area contributed by atoms with Crippen LogP contribution in [-0.4, -0.2) is 31.6 Å². The molecular formula is C17H28N2. The van der Waals surface area contributed by atoms with E-state index in [1.807, 2.05) is 0 Å². The van der Waals surface area contributed by atoms with Crippen molar-refractivity contribution in [2.75, 3.05) is 26.7 Å². The van der Waals surface area contributed by atoms with E-state index in [4.69, 9.17) is 0 Å². The van der Waals surface area contributed by atoms with Crippen molar-refractivity contribution >= 4 is 0 Å². The third-order valence-corrected chi connectivity index (χ3v) is 4.39. The normalized spacial score (nSPS) is 24.6. The molecule has 1 saturated heterocycles. The summed E-state index contributed by atoms with van der Waals surface area (Å²) >= 11 is 0. The van der Waals surface area contributed by atoms with Crippen molar-refractivity contribution in [1.29, 1.82) is 0 Å². The molecule has 1 heterocycles. The second-order valence-corrected chi connectivity index (χ2v) is 5.73. The predicted molar refractivity (Wildman–Crippen MR) is 82.5 cm³/mol. The van der Waals surface area contributed by atoms with E-state index in [2.05, 4.69) is 55.4 Å². The van der Waals surface area contributed by atoms with Crippen molar-refractivity contribution in [2.45, 2.75) is 39.2 Å². The molecule has 0 radical (unpaired) electrons. The lowest BCUT2D eigenvalue weighted by atomic mass is 9.84. The Hall–Kier alpha value is -0.860. The number of benzene rings is 1. The highest BCUT2D eigenvalue weighted by Crippen LogP contribution is 2.34. The summed E-state index contributed by atoms with van der Waals surface area (Å²) in [5.74, 6) is 0.742. The first-order valence-corrected chi connectivity index (χ1v) is 7.76. The third kappa shape index (κ3) is 3.58. The molecule has 1 aromatic rings. The standard InChI is InChI=1S/C17H28N2/c1-4-14-8-10-15(11-9-14)17-16(13-18-5-2)7-6-12-19(17)3/h8-11,16-18H,4-7,12-13H2,1-3H3. The minimum atomic E-state index is 0.582. The van der Waals surface area contributed by atoms with Gasteiger partial charge in [-0.15, -0.1) is 0 Å². The van der Waals surface area contributed by atoms with Gasteiger partial charge in [-0.2, -0.15) is 0 Å². The SMILES string of the molecule is CCNCC1CCCN(C)C1c1ccc(CC)cc1. The predicted octanol–water partition coefficient (Wildman–Crippen LogP) is 3.24. The Bertz CT molecular complexity index is 371. The van der Waals surface area contributed by atoms with Crippen molar-refractivity contribution < 1.29 is 0 Å².